The van der Waals surface area contributed by atoms with E-state index < -0.39 is 6.10 Å². The summed E-state index contributed by atoms with van der Waals surface area (Å²) in [6, 6.07) is 11.8. The van der Waals surface area contributed by atoms with E-state index in [1.807, 2.05) is 31.4 Å². The van der Waals surface area contributed by atoms with Gasteiger partial charge in [0.25, 0.3) is 5.91 Å². The molecule has 0 bridgehead atoms. The highest BCUT2D eigenvalue weighted by Gasteiger charge is 2.29. The highest BCUT2D eigenvalue weighted by Crippen LogP contribution is 2.29. The number of aromatic nitrogens is 1. The van der Waals surface area contributed by atoms with Crippen LogP contribution in [0.2, 0.25) is 0 Å². The molecule has 1 amide bonds. The number of aliphatic hydroxyl groups is 1. The van der Waals surface area contributed by atoms with E-state index in [-0.39, 0.29) is 24.3 Å². The number of carbonyl (C=O) groups excluding carboxylic acids is 2. The van der Waals surface area contributed by atoms with E-state index in [4.69, 9.17) is 9.72 Å². The molecular weight excluding hydrogens is 426 g/mol. The van der Waals surface area contributed by atoms with Gasteiger partial charge in [0.2, 0.25) is 0 Å². The molecule has 1 fully saturated rings. The molecule has 1 aromatic carbocycles. The van der Waals surface area contributed by atoms with Gasteiger partial charge in [-0.25, -0.2) is 4.98 Å². The Labute approximate surface area is 193 Å². The van der Waals surface area contributed by atoms with Crippen molar-refractivity contribution in [3.05, 3.63) is 42.0 Å². The maximum atomic E-state index is 12.8. The van der Waals surface area contributed by atoms with Gasteiger partial charge in [-0.15, -0.1) is 11.8 Å². The molecule has 1 aliphatic heterocycles. The lowest BCUT2D eigenvalue weighted by molar-refractivity contribution is -0.148. The first kappa shape index (κ1) is 24.1. The summed E-state index contributed by atoms with van der Waals surface area (Å²) < 4.78 is 5.17. The zero-order valence-electron chi connectivity index (χ0n) is 18.8. The summed E-state index contributed by atoms with van der Waals surface area (Å²) in [7, 11) is 0. The molecule has 0 aliphatic carbocycles. The third kappa shape index (κ3) is 6.01. The lowest BCUT2D eigenvalue weighted by atomic mass is 9.96. The van der Waals surface area contributed by atoms with Crippen LogP contribution in [0.5, 0.6) is 0 Å². The third-order valence-electron chi connectivity index (χ3n) is 5.48. The Kier molecular flexibility index (Phi) is 8.53. The van der Waals surface area contributed by atoms with Crippen LogP contribution in [0.1, 0.15) is 37.0 Å². The molecule has 3 rings (SSSR count). The molecule has 1 unspecified atom stereocenters. The topological polar surface area (TPSA) is 91.8 Å². The van der Waals surface area contributed by atoms with Crippen molar-refractivity contribution in [2.75, 3.05) is 37.4 Å². The van der Waals surface area contributed by atoms with Gasteiger partial charge in [-0.05, 0) is 57.2 Å². The van der Waals surface area contributed by atoms with Crippen molar-refractivity contribution < 1.29 is 19.4 Å². The van der Waals surface area contributed by atoms with Crippen molar-refractivity contribution in [2.45, 2.75) is 37.7 Å². The molecule has 0 radical (unpaired) electrons. The zero-order chi connectivity index (χ0) is 23.1. The lowest BCUT2D eigenvalue weighted by Gasteiger charge is -2.33. The van der Waals surface area contributed by atoms with Crippen molar-refractivity contribution in [3.8, 4) is 11.3 Å². The van der Waals surface area contributed by atoms with E-state index in [1.165, 1.54) is 4.90 Å². The molecule has 1 atom stereocenters. The van der Waals surface area contributed by atoms with E-state index in [0.717, 1.165) is 11.3 Å². The molecule has 2 heterocycles. The summed E-state index contributed by atoms with van der Waals surface area (Å²) in [4.78, 5) is 33.0. The smallest absolute Gasteiger partial charge is 0.309 e. The van der Waals surface area contributed by atoms with Gasteiger partial charge < -0.3 is 20.1 Å². The number of nitrogens with zero attached hydrogens (tertiary/aromatic N) is 2. The predicted octanol–water partition coefficient (Wildman–Crippen LogP) is 3.36. The van der Waals surface area contributed by atoms with Gasteiger partial charge in [-0.1, -0.05) is 12.1 Å². The average Bonchev–Trinajstić information content (AvgIpc) is 2.82. The SMILES string of the molecule is CCOC(=O)C1CCN(c2nc(-c3ccc(SC)cc3)ccc2C(=O)NCC(C)O)CC1. The number of hydrogen-bond donors (Lipinski definition) is 2. The fourth-order valence-electron chi connectivity index (χ4n) is 3.71. The van der Waals surface area contributed by atoms with Gasteiger partial charge in [0.1, 0.15) is 5.82 Å². The number of benzene rings is 1. The molecule has 1 saturated heterocycles. The van der Waals surface area contributed by atoms with Gasteiger partial charge >= 0.3 is 5.97 Å². The molecule has 7 nitrogen and oxygen atoms in total. The summed E-state index contributed by atoms with van der Waals surface area (Å²) in [6.45, 7) is 5.21. The van der Waals surface area contributed by atoms with E-state index >= 15 is 0 Å². The molecule has 2 aromatic rings. The van der Waals surface area contributed by atoms with Crippen molar-refractivity contribution in [1.82, 2.24) is 10.3 Å². The van der Waals surface area contributed by atoms with Crippen LogP contribution < -0.4 is 10.2 Å². The van der Waals surface area contributed by atoms with E-state index in [0.29, 0.717) is 43.9 Å². The minimum atomic E-state index is -0.634. The summed E-state index contributed by atoms with van der Waals surface area (Å²) >= 11 is 1.68. The third-order valence-corrected chi connectivity index (χ3v) is 6.22. The second kappa shape index (κ2) is 11.3. The van der Waals surface area contributed by atoms with Crippen LogP contribution in [0.15, 0.2) is 41.3 Å². The molecule has 2 N–H and O–H groups in total. The van der Waals surface area contributed by atoms with E-state index in [1.54, 1.807) is 24.8 Å². The maximum Gasteiger partial charge on any atom is 0.309 e. The summed E-state index contributed by atoms with van der Waals surface area (Å²) in [5, 5.41) is 12.3. The van der Waals surface area contributed by atoms with Crippen LogP contribution in [0, 0.1) is 5.92 Å². The summed E-state index contributed by atoms with van der Waals surface area (Å²) in [5.74, 6) is 0.0469. The number of amides is 1. The van der Waals surface area contributed by atoms with Crippen LogP contribution >= 0.6 is 11.8 Å². The lowest BCUT2D eigenvalue weighted by Crippen LogP contribution is -2.39. The van der Waals surface area contributed by atoms with Gasteiger partial charge in [0, 0.05) is 30.1 Å². The Morgan fingerprint density at radius 2 is 1.91 bits per heavy atom. The Morgan fingerprint density at radius 3 is 2.50 bits per heavy atom. The van der Waals surface area contributed by atoms with Crippen LogP contribution in [0.25, 0.3) is 11.3 Å². The zero-order valence-corrected chi connectivity index (χ0v) is 19.7. The molecule has 172 valence electrons. The number of rotatable bonds is 8. The highest BCUT2D eigenvalue weighted by molar-refractivity contribution is 7.98. The molecule has 8 heteroatoms. The minimum absolute atomic E-state index is 0.124. The average molecular weight is 458 g/mol. The van der Waals surface area contributed by atoms with Crippen molar-refractivity contribution in [3.63, 3.8) is 0 Å². The number of carbonyl (C=O) groups is 2. The van der Waals surface area contributed by atoms with Gasteiger partial charge in [-0.2, -0.15) is 0 Å². The second-order valence-electron chi connectivity index (χ2n) is 7.87. The standard InChI is InChI=1S/C24H31N3O4S/c1-4-31-24(30)18-11-13-27(14-12-18)22-20(23(29)25-15-16(2)28)9-10-21(26-22)17-5-7-19(32-3)8-6-17/h5-10,16,18,28H,4,11-15H2,1-3H3,(H,25,29). The predicted molar refractivity (Wildman–Crippen MR) is 127 cm³/mol. The number of thioether (sulfide) groups is 1. The van der Waals surface area contributed by atoms with Gasteiger partial charge in [-0.3, -0.25) is 9.59 Å². The van der Waals surface area contributed by atoms with E-state index in [9.17, 15) is 14.7 Å². The monoisotopic (exact) mass is 457 g/mol. The fraction of sp³-hybridized carbons (Fsp3) is 0.458. The summed E-state index contributed by atoms with van der Waals surface area (Å²) in [5.41, 5.74) is 2.22. The fourth-order valence-corrected chi connectivity index (χ4v) is 4.12. The molecule has 1 aliphatic rings. The van der Waals surface area contributed by atoms with Crippen LogP contribution in [0.4, 0.5) is 5.82 Å². The number of nitrogens with one attached hydrogen (secondary N) is 1. The Morgan fingerprint density at radius 1 is 1.22 bits per heavy atom. The molecule has 0 saturated carbocycles. The Balaban J connectivity index is 1.87. The van der Waals surface area contributed by atoms with Gasteiger partial charge in [0.15, 0.2) is 0 Å². The quantitative estimate of drug-likeness (QED) is 0.464. The van der Waals surface area contributed by atoms with Crippen molar-refractivity contribution in [1.29, 1.82) is 0 Å². The Bertz CT molecular complexity index is 925. The van der Waals surface area contributed by atoms with E-state index in [2.05, 4.69) is 22.3 Å². The first-order chi connectivity index (χ1) is 15.4. The van der Waals surface area contributed by atoms with Crippen LogP contribution in [0.3, 0.4) is 0 Å². The number of aliphatic hydroxyl groups excluding tert-OH is 1. The van der Waals surface area contributed by atoms with Crippen LogP contribution in [-0.2, 0) is 9.53 Å². The number of hydrogen-bond acceptors (Lipinski definition) is 7. The number of piperidine rings is 1. The summed E-state index contributed by atoms with van der Waals surface area (Å²) in [6.07, 6.45) is 2.71. The number of ether oxygens (including phenoxy) is 1. The second-order valence-corrected chi connectivity index (χ2v) is 8.75. The van der Waals surface area contributed by atoms with Crippen LogP contribution in [-0.4, -0.2) is 60.6 Å². The first-order valence-corrected chi connectivity index (χ1v) is 12.2. The highest BCUT2D eigenvalue weighted by atomic mass is 32.2. The first-order valence-electron chi connectivity index (χ1n) is 11.0. The van der Waals surface area contributed by atoms with Crippen molar-refractivity contribution in [2.24, 2.45) is 5.92 Å². The largest absolute Gasteiger partial charge is 0.466 e. The van der Waals surface area contributed by atoms with Gasteiger partial charge in [0.05, 0.1) is 29.9 Å². The number of anilines is 1. The Hall–Kier alpha value is -2.58. The number of pyridine rings is 1. The molecule has 1 aromatic heterocycles. The molecular formula is C24H31N3O4S. The molecule has 0 spiro atoms. The molecule has 32 heavy (non-hydrogen) atoms. The number of esters is 1. The normalized spacial score (nSPS) is 15.3. The minimum Gasteiger partial charge on any atom is -0.466 e. The maximum absolute atomic E-state index is 12.8. The van der Waals surface area contributed by atoms with Crippen molar-refractivity contribution >= 4 is 29.5 Å².